The van der Waals surface area contributed by atoms with E-state index in [0.717, 1.165) is 30.2 Å². The molecule has 2 fully saturated rings. The molecule has 184 valence electrons. The predicted octanol–water partition coefficient (Wildman–Crippen LogP) is 3.56. The molecule has 35 heavy (non-hydrogen) atoms. The summed E-state index contributed by atoms with van der Waals surface area (Å²) in [6.07, 6.45) is -1.51. The molecule has 4 aromatic rings. The van der Waals surface area contributed by atoms with E-state index in [1.165, 1.54) is 29.3 Å². The fourth-order valence-corrected chi connectivity index (χ4v) is 6.38. The number of rotatable bonds is 5. The van der Waals surface area contributed by atoms with Crippen LogP contribution in [0.3, 0.4) is 0 Å². The molecular formula is C22H23F3N8OS. The average molecular weight is 505 g/mol. The maximum Gasteiger partial charge on any atom is 0.393 e. The number of ether oxygens (including phenoxy) is 1. The summed E-state index contributed by atoms with van der Waals surface area (Å²) in [6, 6.07) is 2.54. The Labute approximate surface area is 202 Å². The number of thiazole rings is 1. The molecule has 2 bridgehead atoms. The van der Waals surface area contributed by atoms with E-state index in [2.05, 4.69) is 42.1 Å². The molecule has 13 heteroatoms. The number of likely N-dealkylation sites (N-methyl/N-ethyl adjacent to an activating group) is 1. The molecule has 0 amide bonds. The van der Waals surface area contributed by atoms with Gasteiger partial charge < -0.3 is 9.64 Å². The lowest BCUT2D eigenvalue weighted by atomic mass is 10.0. The summed E-state index contributed by atoms with van der Waals surface area (Å²) in [5, 5.41) is 12.8. The number of anilines is 1. The first-order chi connectivity index (χ1) is 16.7. The number of piperazine rings is 1. The third-order valence-corrected chi connectivity index (χ3v) is 8.05. The lowest BCUT2D eigenvalue weighted by molar-refractivity contribution is -0.127. The number of hydrogen-bond acceptors (Lipinski definition) is 8. The third-order valence-electron chi connectivity index (χ3n) is 6.84. The maximum atomic E-state index is 13.7. The number of nitrogens with one attached hydrogen (secondary N) is 1. The molecule has 0 radical (unpaired) electrons. The summed E-state index contributed by atoms with van der Waals surface area (Å²) in [6.45, 7) is 3.80. The number of hydrogen-bond donors (Lipinski definition) is 1. The van der Waals surface area contributed by atoms with Gasteiger partial charge in [-0.3, -0.25) is 10.00 Å². The Balaban J connectivity index is 1.43. The zero-order valence-corrected chi connectivity index (χ0v) is 20.1. The highest BCUT2D eigenvalue weighted by molar-refractivity contribution is 7.19. The van der Waals surface area contributed by atoms with Crippen molar-refractivity contribution >= 4 is 22.0 Å². The lowest BCUT2D eigenvalue weighted by Crippen LogP contribution is -2.44. The number of methoxy groups -OCH3 is 1. The molecular weight excluding hydrogens is 481 g/mol. The van der Waals surface area contributed by atoms with E-state index in [4.69, 9.17) is 4.74 Å². The van der Waals surface area contributed by atoms with Crippen LogP contribution in [0.2, 0.25) is 0 Å². The van der Waals surface area contributed by atoms with E-state index in [0.29, 0.717) is 34.1 Å². The first-order valence-electron chi connectivity index (χ1n) is 11.2. The van der Waals surface area contributed by atoms with Gasteiger partial charge in [0, 0.05) is 42.5 Å². The van der Waals surface area contributed by atoms with Gasteiger partial charge in [-0.25, -0.2) is 14.5 Å². The van der Waals surface area contributed by atoms with Crippen molar-refractivity contribution in [3.8, 4) is 27.7 Å². The number of nitrogens with zero attached hydrogens (tertiary/aromatic N) is 7. The topological polar surface area (TPSA) is 87.5 Å². The summed E-state index contributed by atoms with van der Waals surface area (Å²) >= 11 is 1.42. The number of fused-ring (bicyclic) bond motifs is 3. The van der Waals surface area contributed by atoms with E-state index in [1.54, 1.807) is 12.3 Å². The van der Waals surface area contributed by atoms with Crippen molar-refractivity contribution in [1.29, 1.82) is 0 Å². The van der Waals surface area contributed by atoms with Crippen LogP contribution in [-0.4, -0.2) is 80.2 Å². The molecule has 2 aliphatic heterocycles. The van der Waals surface area contributed by atoms with Crippen LogP contribution < -0.4 is 9.64 Å². The van der Waals surface area contributed by atoms with Gasteiger partial charge in [0.25, 0.3) is 0 Å². The van der Waals surface area contributed by atoms with Crippen LogP contribution in [0.15, 0.2) is 18.6 Å². The quantitative estimate of drug-likeness (QED) is 0.445. The zero-order valence-electron chi connectivity index (χ0n) is 19.3. The number of pyridine rings is 1. The van der Waals surface area contributed by atoms with Gasteiger partial charge in [-0.15, -0.1) is 0 Å². The van der Waals surface area contributed by atoms with Crippen molar-refractivity contribution in [2.45, 2.75) is 38.0 Å². The fraction of sp³-hybridized carbons (Fsp3) is 0.455. The molecule has 6 heterocycles. The average Bonchev–Trinajstić information content (AvgIpc) is 3.60. The zero-order chi connectivity index (χ0) is 24.5. The predicted molar refractivity (Wildman–Crippen MR) is 125 cm³/mol. The molecule has 0 aromatic carbocycles. The molecule has 2 atom stereocenters. The second kappa shape index (κ2) is 7.92. The minimum absolute atomic E-state index is 0.0435. The van der Waals surface area contributed by atoms with E-state index in [1.807, 2.05) is 6.92 Å². The Morgan fingerprint density at radius 2 is 2.09 bits per heavy atom. The van der Waals surface area contributed by atoms with Crippen LogP contribution in [-0.2, 0) is 6.42 Å². The van der Waals surface area contributed by atoms with Crippen molar-refractivity contribution in [2.75, 3.05) is 32.1 Å². The van der Waals surface area contributed by atoms with Gasteiger partial charge in [-0.2, -0.15) is 23.4 Å². The normalized spacial score (nSPS) is 20.5. The number of aromatic amines is 1. The summed E-state index contributed by atoms with van der Waals surface area (Å²) in [5.74, 6) is 0.393. The van der Waals surface area contributed by atoms with Crippen molar-refractivity contribution in [3.05, 3.63) is 29.8 Å². The third kappa shape index (κ3) is 3.73. The highest BCUT2D eigenvalue weighted by atomic mass is 32.1. The second-order valence-corrected chi connectivity index (χ2v) is 10.1. The highest BCUT2D eigenvalue weighted by Crippen LogP contribution is 2.43. The number of alkyl halides is 3. The maximum absolute atomic E-state index is 13.7. The number of halogens is 3. The number of H-pyrrole nitrogens is 1. The minimum atomic E-state index is -4.43. The van der Waals surface area contributed by atoms with E-state index >= 15 is 0 Å². The summed E-state index contributed by atoms with van der Waals surface area (Å²) in [4.78, 5) is 13.5. The second-order valence-electron chi connectivity index (χ2n) is 9.09. The lowest BCUT2D eigenvalue weighted by Gasteiger charge is -2.32. The molecule has 0 spiro atoms. The SMILES string of the molecule is COc1cc(-c2n[nH]c(-c3nc(C)c(N4C[C@@H]5C[C@H]4CN5C)s3)c2CC(F)(F)F)cn2ncnc12. The highest BCUT2D eigenvalue weighted by Gasteiger charge is 2.43. The Morgan fingerprint density at radius 3 is 2.77 bits per heavy atom. The van der Waals surface area contributed by atoms with Gasteiger partial charge >= 0.3 is 6.18 Å². The van der Waals surface area contributed by atoms with Crippen LogP contribution in [0.4, 0.5) is 18.2 Å². The smallest absolute Gasteiger partial charge is 0.393 e. The molecule has 1 N–H and O–H groups in total. The van der Waals surface area contributed by atoms with Crippen LogP contribution in [0.1, 0.15) is 17.7 Å². The van der Waals surface area contributed by atoms with Gasteiger partial charge in [-0.1, -0.05) is 11.3 Å². The molecule has 2 aliphatic rings. The standard InChI is InChI=1S/C22H23F3N8OS/c1-11-21(32-9-13-5-14(32)8-31(13)2)35-20(28-11)18-15(6-22(23,24)25)17(29-30-18)12-4-16(34-3)19-26-10-27-33(19)7-12/h4,7,10,13-14H,5-6,8-9H2,1-3H3,(H,29,30)/t13-,14-/m0/s1. The molecule has 6 rings (SSSR count). The summed E-state index contributed by atoms with van der Waals surface area (Å²) in [7, 11) is 3.61. The van der Waals surface area contributed by atoms with Crippen LogP contribution >= 0.6 is 11.3 Å². The van der Waals surface area contributed by atoms with Crippen molar-refractivity contribution in [1.82, 2.24) is 34.7 Å². The summed E-state index contributed by atoms with van der Waals surface area (Å²) in [5.41, 5.74) is 2.24. The Kier molecular flexibility index (Phi) is 5.04. The van der Waals surface area contributed by atoms with Gasteiger partial charge in [0.05, 0.1) is 30.6 Å². The molecule has 0 unspecified atom stereocenters. The molecule has 4 aromatic heterocycles. The van der Waals surface area contributed by atoms with Crippen LogP contribution in [0.25, 0.3) is 27.6 Å². The van der Waals surface area contributed by atoms with Gasteiger partial charge in [-0.05, 0) is 26.5 Å². The molecule has 0 saturated carbocycles. The Morgan fingerprint density at radius 1 is 1.26 bits per heavy atom. The minimum Gasteiger partial charge on any atom is -0.493 e. The number of likely N-dealkylation sites (tertiary alicyclic amines) is 1. The fourth-order valence-electron chi connectivity index (χ4n) is 5.21. The Hall–Kier alpha value is -3.19. The summed E-state index contributed by atoms with van der Waals surface area (Å²) < 4.78 is 48.0. The van der Waals surface area contributed by atoms with Crippen molar-refractivity contribution in [3.63, 3.8) is 0 Å². The van der Waals surface area contributed by atoms with E-state index in [-0.39, 0.29) is 17.0 Å². The Bertz CT molecular complexity index is 1410. The molecule has 9 nitrogen and oxygen atoms in total. The first kappa shape index (κ1) is 22.3. The van der Waals surface area contributed by atoms with Crippen molar-refractivity contribution in [2.24, 2.45) is 0 Å². The molecule has 0 aliphatic carbocycles. The van der Waals surface area contributed by atoms with Gasteiger partial charge in [0.2, 0.25) is 0 Å². The van der Waals surface area contributed by atoms with E-state index in [9.17, 15) is 13.2 Å². The molecule has 2 saturated heterocycles. The largest absolute Gasteiger partial charge is 0.493 e. The van der Waals surface area contributed by atoms with Crippen LogP contribution in [0.5, 0.6) is 5.75 Å². The van der Waals surface area contributed by atoms with Gasteiger partial charge in [0.15, 0.2) is 11.4 Å². The number of aromatic nitrogens is 6. The van der Waals surface area contributed by atoms with Crippen molar-refractivity contribution < 1.29 is 17.9 Å². The first-order valence-corrected chi connectivity index (χ1v) is 12.0. The number of aryl methyl sites for hydroxylation is 1. The van der Waals surface area contributed by atoms with Crippen LogP contribution in [0, 0.1) is 6.92 Å². The van der Waals surface area contributed by atoms with Gasteiger partial charge in [0.1, 0.15) is 16.3 Å². The monoisotopic (exact) mass is 504 g/mol. The van der Waals surface area contributed by atoms with E-state index < -0.39 is 12.6 Å².